The monoisotopic (exact) mass is 174 g/mol. The number of nitrogens with two attached hydrogens (primary N) is 3. The molecule has 6 N–H and O–H groups in total. The van der Waals surface area contributed by atoms with Crippen LogP contribution in [0.3, 0.4) is 0 Å². The zero-order valence-electron chi connectivity index (χ0n) is 7.33. The number of primary amides is 1. The maximum Gasteiger partial charge on any atom is 0.343 e. The van der Waals surface area contributed by atoms with Gasteiger partial charge in [-0.3, -0.25) is 0 Å². The number of amides is 2. The molecule has 1 rings (SSSR count). The van der Waals surface area contributed by atoms with Crippen molar-refractivity contribution in [1.29, 1.82) is 0 Å². The molecule has 72 valence electrons. The number of hydrazine groups is 2. The normalized spacial score (nSPS) is 15.8. The Bertz CT molecular complexity index is 111. The molecule has 0 bridgehead atoms. The first kappa shape index (κ1) is 11.2. The number of rotatable bonds is 0. The van der Waals surface area contributed by atoms with E-state index in [9.17, 15) is 4.79 Å². The number of hydrogen-bond donors (Lipinski definition) is 3. The van der Waals surface area contributed by atoms with Crippen LogP contribution in [0.15, 0.2) is 0 Å². The van der Waals surface area contributed by atoms with Gasteiger partial charge in [-0.05, 0) is 0 Å². The maximum atomic E-state index is 9.60. The van der Waals surface area contributed by atoms with Gasteiger partial charge in [0.1, 0.15) is 0 Å². The van der Waals surface area contributed by atoms with Crippen LogP contribution >= 0.6 is 0 Å². The van der Waals surface area contributed by atoms with Crippen molar-refractivity contribution in [3.05, 3.63) is 0 Å². The summed E-state index contributed by atoms with van der Waals surface area (Å²) in [6.07, 6.45) is 9.00. The third kappa shape index (κ3) is 7.30. The fraction of sp³-hybridized carbons (Fsp3) is 0.857. The van der Waals surface area contributed by atoms with E-state index in [1.165, 1.54) is 38.5 Å². The Labute approximate surface area is 72.8 Å². The Morgan fingerprint density at radius 1 is 0.917 bits per heavy atom. The Hall–Kier alpha value is -0.810. The molecule has 0 aromatic rings. The lowest BCUT2D eigenvalue weighted by Gasteiger charge is -2.05. The summed E-state index contributed by atoms with van der Waals surface area (Å²) in [6, 6.07) is -0.852. The molecule has 1 fully saturated rings. The van der Waals surface area contributed by atoms with Gasteiger partial charge in [0.05, 0.1) is 0 Å². The van der Waals surface area contributed by atoms with Crippen LogP contribution in [0.25, 0.3) is 0 Å². The molecule has 1 aliphatic carbocycles. The van der Waals surface area contributed by atoms with Gasteiger partial charge in [0.15, 0.2) is 0 Å². The minimum atomic E-state index is -0.852. The molecular formula is C7H18N4O. The summed E-state index contributed by atoms with van der Waals surface area (Å²) >= 11 is 0. The number of carbonyl (C=O) groups is 1. The molecule has 0 radical (unpaired) electrons. The van der Waals surface area contributed by atoms with Gasteiger partial charge in [0.25, 0.3) is 0 Å². The summed E-state index contributed by atoms with van der Waals surface area (Å²) in [5, 5.41) is 0.306. The van der Waals surface area contributed by atoms with Crippen molar-refractivity contribution in [3.8, 4) is 0 Å². The summed E-state index contributed by atoms with van der Waals surface area (Å²) in [5.41, 5.74) is 4.47. The smallest absolute Gasteiger partial charge is 0.343 e. The first-order valence-corrected chi connectivity index (χ1v) is 4.23. The number of urea groups is 1. The topological polar surface area (TPSA) is 98.4 Å². The number of carbonyl (C=O) groups excluding carboxylic acids is 1. The molecule has 12 heavy (non-hydrogen) atoms. The predicted octanol–water partition coefficient (Wildman–Crippen LogP) is 0.455. The third-order valence-corrected chi connectivity index (χ3v) is 1.75. The highest BCUT2D eigenvalue weighted by molar-refractivity contribution is 5.70. The van der Waals surface area contributed by atoms with Gasteiger partial charge in [-0.1, -0.05) is 38.5 Å². The Morgan fingerprint density at radius 2 is 1.08 bits per heavy atom. The van der Waals surface area contributed by atoms with Crippen molar-refractivity contribution in [2.24, 2.45) is 17.4 Å². The highest BCUT2D eigenvalue weighted by atomic mass is 16.2. The van der Waals surface area contributed by atoms with E-state index < -0.39 is 6.03 Å². The first-order valence-electron chi connectivity index (χ1n) is 4.23. The zero-order chi connectivity index (χ0) is 9.40. The van der Waals surface area contributed by atoms with E-state index in [4.69, 9.17) is 0 Å². The van der Waals surface area contributed by atoms with E-state index in [0.29, 0.717) is 5.12 Å². The van der Waals surface area contributed by atoms with Crippen LogP contribution in [0.4, 0.5) is 4.79 Å². The second kappa shape index (κ2) is 6.87. The van der Waals surface area contributed by atoms with Gasteiger partial charge in [-0.25, -0.2) is 16.5 Å². The second-order valence-electron chi connectivity index (χ2n) is 2.87. The fourth-order valence-corrected chi connectivity index (χ4v) is 1.06. The molecule has 0 aromatic heterocycles. The highest BCUT2D eigenvalue weighted by Gasteiger charge is 1.95. The van der Waals surface area contributed by atoms with E-state index in [0.717, 1.165) is 0 Å². The first-order chi connectivity index (χ1) is 5.64. The lowest BCUT2D eigenvalue weighted by molar-refractivity contribution is 0.210. The minimum absolute atomic E-state index is 0.306. The van der Waals surface area contributed by atoms with Crippen LogP contribution in [-0.2, 0) is 0 Å². The molecule has 1 saturated carbocycles. The number of nitrogens with zero attached hydrogens (tertiary/aromatic N) is 1. The Kier molecular flexibility index (Phi) is 6.41. The summed E-state index contributed by atoms with van der Waals surface area (Å²) < 4.78 is 0. The Morgan fingerprint density at radius 3 is 1.17 bits per heavy atom. The van der Waals surface area contributed by atoms with Gasteiger partial charge >= 0.3 is 6.03 Å². The van der Waals surface area contributed by atoms with E-state index >= 15 is 0 Å². The van der Waals surface area contributed by atoms with Gasteiger partial charge in [-0.15, -0.1) is 0 Å². The third-order valence-electron chi connectivity index (χ3n) is 1.75. The average molecular weight is 174 g/mol. The molecule has 5 heteroatoms. The van der Waals surface area contributed by atoms with Crippen molar-refractivity contribution >= 4 is 6.03 Å². The van der Waals surface area contributed by atoms with E-state index in [2.05, 4.69) is 17.4 Å². The van der Waals surface area contributed by atoms with Gasteiger partial charge in [0, 0.05) is 0 Å². The van der Waals surface area contributed by atoms with Gasteiger partial charge < -0.3 is 5.73 Å². The zero-order valence-corrected chi connectivity index (χ0v) is 7.33. The second-order valence-corrected chi connectivity index (χ2v) is 2.87. The molecular weight excluding hydrogens is 156 g/mol. The lowest BCUT2D eigenvalue weighted by atomic mass is 10.0. The van der Waals surface area contributed by atoms with Crippen LogP contribution in [0, 0.1) is 0 Å². The van der Waals surface area contributed by atoms with Gasteiger partial charge in [-0.2, -0.15) is 5.12 Å². The fourth-order valence-electron chi connectivity index (χ4n) is 1.06. The Balaban J connectivity index is 0.000000202. The van der Waals surface area contributed by atoms with Crippen LogP contribution in [0.1, 0.15) is 38.5 Å². The predicted molar refractivity (Wildman–Crippen MR) is 47.5 cm³/mol. The molecule has 0 heterocycles. The van der Waals surface area contributed by atoms with Crippen molar-refractivity contribution in [2.45, 2.75) is 38.5 Å². The van der Waals surface area contributed by atoms with E-state index in [1.54, 1.807) is 0 Å². The minimum Gasteiger partial charge on any atom is -0.349 e. The quantitative estimate of drug-likeness (QED) is 0.282. The van der Waals surface area contributed by atoms with Crippen LogP contribution in [0.5, 0.6) is 0 Å². The molecule has 0 aromatic carbocycles. The maximum absolute atomic E-state index is 9.60. The molecule has 0 unspecified atom stereocenters. The number of hydrogen-bond acceptors (Lipinski definition) is 3. The van der Waals surface area contributed by atoms with E-state index in [1.807, 2.05) is 0 Å². The summed E-state index contributed by atoms with van der Waals surface area (Å²) in [7, 11) is 0. The molecule has 0 atom stereocenters. The SMILES string of the molecule is C1CCCCC1.NC(=O)N(N)N. The molecule has 0 spiro atoms. The van der Waals surface area contributed by atoms with Crippen molar-refractivity contribution in [1.82, 2.24) is 5.12 Å². The van der Waals surface area contributed by atoms with Crippen LogP contribution < -0.4 is 17.4 Å². The van der Waals surface area contributed by atoms with E-state index in [-0.39, 0.29) is 0 Å². The summed E-state index contributed by atoms with van der Waals surface area (Å²) in [4.78, 5) is 9.60. The molecule has 0 aliphatic heterocycles. The van der Waals surface area contributed by atoms with Crippen LogP contribution in [0.2, 0.25) is 0 Å². The highest BCUT2D eigenvalue weighted by Crippen LogP contribution is 2.15. The molecule has 5 nitrogen and oxygen atoms in total. The summed E-state index contributed by atoms with van der Waals surface area (Å²) in [5.74, 6) is 9.14. The summed E-state index contributed by atoms with van der Waals surface area (Å²) in [6.45, 7) is 0. The molecule has 2 amide bonds. The van der Waals surface area contributed by atoms with Crippen LogP contribution in [-0.4, -0.2) is 11.1 Å². The van der Waals surface area contributed by atoms with Crippen molar-refractivity contribution in [3.63, 3.8) is 0 Å². The standard InChI is InChI=1S/C6H12.CH6N4O/c1-2-4-6-5-3-1;2-1(6)5(3)4/h1-6H2;3-4H2,(H2,2,6). The van der Waals surface area contributed by atoms with Gasteiger partial charge in [0.2, 0.25) is 0 Å². The lowest BCUT2D eigenvalue weighted by Crippen LogP contribution is -2.46. The molecule has 0 saturated heterocycles. The van der Waals surface area contributed by atoms with Crippen molar-refractivity contribution in [2.75, 3.05) is 0 Å². The van der Waals surface area contributed by atoms with Crippen molar-refractivity contribution < 1.29 is 4.79 Å². The largest absolute Gasteiger partial charge is 0.349 e. The molecule has 1 aliphatic rings. The average Bonchev–Trinajstić information content (AvgIpc) is 2.08.